The Hall–Kier alpha value is -2.05. The van der Waals surface area contributed by atoms with Gasteiger partial charge in [0.25, 0.3) is 0 Å². The average Bonchev–Trinajstić information content (AvgIpc) is 2.92. The number of phenolic OH excluding ortho intramolecular Hbond substituents is 1. The van der Waals surface area contributed by atoms with Crippen molar-refractivity contribution < 1.29 is 15.0 Å². The number of aromatic nitrogens is 1. The van der Waals surface area contributed by atoms with E-state index < -0.39 is 11.4 Å². The molecular formula is C28H37NO3S2. The Morgan fingerprint density at radius 1 is 0.882 bits per heavy atom. The Morgan fingerprint density at radius 2 is 1.47 bits per heavy atom. The number of hydrogen-bond acceptors (Lipinski definition) is 4. The smallest absolute Gasteiger partial charge is 0.309 e. The maximum Gasteiger partial charge on any atom is 0.309 e. The SMILES string of the molecule is CC(C)(C)Sc1ccc(Cn2c(CC(C)(C)C(=O)O)c(SC(C)(C)C)c3cc(O)ccc32)cc1. The molecule has 0 unspecified atom stereocenters. The number of fused-ring (bicyclic) bond motifs is 1. The number of aromatic hydroxyl groups is 1. The molecule has 0 spiro atoms. The van der Waals surface area contributed by atoms with Crippen molar-refractivity contribution in [3.05, 3.63) is 53.7 Å². The summed E-state index contributed by atoms with van der Waals surface area (Å²) in [4.78, 5) is 14.3. The van der Waals surface area contributed by atoms with Crippen LogP contribution in [0.1, 0.15) is 66.6 Å². The summed E-state index contributed by atoms with van der Waals surface area (Å²) >= 11 is 3.57. The number of carboxylic acid groups (broad SMARTS) is 1. The van der Waals surface area contributed by atoms with Crippen LogP contribution in [0.2, 0.25) is 0 Å². The highest BCUT2D eigenvalue weighted by molar-refractivity contribution is 8.01. The Balaban J connectivity index is 2.15. The Kier molecular flexibility index (Phi) is 7.45. The van der Waals surface area contributed by atoms with Gasteiger partial charge in [-0.1, -0.05) is 53.7 Å². The van der Waals surface area contributed by atoms with Crippen molar-refractivity contribution >= 4 is 40.4 Å². The van der Waals surface area contributed by atoms with Crippen molar-refractivity contribution in [2.75, 3.05) is 0 Å². The zero-order valence-corrected chi connectivity index (χ0v) is 23.2. The number of carbonyl (C=O) groups is 1. The minimum atomic E-state index is -0.922. The van der Waals surface area contributed by atoms with E-state index in [9.17, 15) is 15.0 Å². The molecule has 0 bridgehead atoms. The van der Waals surface area contributed by atoms with E-state index >= 15 is 0 Å². The van der Waals surface area contributed by atoms with Crippen molar-refractivity contribution in [1.29, 1.82) is 0 Å². The van der Waals surface area contributed by atoms with Gasteiger partial charge in [0, 0.05) is 48.8 Å². The van der Waals surface area contributed by atoms with Crippen LogP contribution >= 0.6 is 23.5 Å². The highest BCUT2D eigenvalue weighted by Gasteiger charge is 2.32. The van der Waals surface area contributed by atoms with Gasteiger partial charge in [0.15, 0.2) is 0 Å². The number of carboxylic acids is 1. The molecule has 1 aromatic heterocycles. The quantitative estimate of drug-likeness (QED) is 0.324. The molecule has 0 radical (unpaired) electrons. The Labute approximate surface area is 212 Å². The third-order valence-electron chi connectivity index (χ3n) is 5.39. The van der Waals surface area contributed by atoms with Crippen LogP contribution in [-0.4, -0.2) is 30.2 Å². The highest BCUT2D eigenvalue weighted by atomic mass is 32.2. The van der Waals surface area contributed by atoms with Gasteiger partial charge in [0.05, 0.1) is 5.41 Å². The summed E-state index contributed by atoms with van der Waals surface area (Å²) in [6, 6.07) is 14.1. The Bertz CT molecular complexity index is 1180. The standard InChI is InChI=1S/C28H37NO3S2/c1-26(2,3)33-20-12-9-18(10-13-20)17-29-22-14-11-19(30)15-21(22)24(34-27(4,5)6)23(29)16-28(7,8)25(31)32/h9-15,30H,16-17H2,1-8H3,(H,31,32). The molecule has 0 atom stereocenters. The van der Waals surface area contributed by atoms with Crippen LogP contribution in [-0.2, 0) is 17.8 Å². The van der Waals surface area contributed by atoms with Crippen molar-refractivity contribution in [3.8, 4) is 5.75 Å². The van der Waals surface area contributed by atoms with E-state index in [2.05, 4.69) is 70.4 Å². The van der Waals surface area contributed by atoms with Crippen LogP contribution in [0.4, 0.5) is 0 Å². The van der Waals surface area contributed by atoms with Gasteiger partial charge in [-0.15, -0.1) is 23.5 Å². The molecule has 1 heterocycles. The molecule has 4 nitrogen and oxygen atoms in total. The molecule has 2 aromatic carbocycles. The molecule has 6 heteroatoms. The summed E-state index contributed by atoms with van der Waals surface area (Å²) in [6.07, 6.45) is 0.397. The molecule has 0 aliphatic carbocycles. The van der Waals surface area contributed by atoms with Gasteiger partial charge in [0.1, 0.15) is 5.75 Å². The molecule has 0 saturated heterocycles. The molecule has 184 valence electrons. The van der Waals surface area contributed by atoms with E-state index in [1.807, 2.05) is 17.8 Å². The fraction of sp³-hybridized carbons (Fsp3) is 0.464. The number of hydrogen-bond donors (Lipinski definition) is 2. The molecule has 0 aliphatic rings. The van der Waals surface area contributed by atoms with Crippen molar-refractivity contribution in [1.82, 2.24) is 4.57 Å². The van der Waals surface area contributed by atoms with Crippen LogP contribution in [0.3, 0.4) is 0 Å². The van der Waals surface area contributed by atoms with Gasteiger partial charge in [-0.05, 0) is 49.7 Å². The molecule has 0 aliphatic heterocycles. The lowest BCUT2D eigenvalue weighted by molar-refractivity contribution is -0.146. The topological polar surface area (TPSA) is 62.5 Å². The minimum Gasteiger partial charge on any atom is -0.508 e. The summed E-state index contributed by atoms with van der Waals surface area (Å²) in [5, 5.41) is 21.1. The van der Waals surface area contributed by atoms with E-state index in [1.165, 1.54) is 4.90 Å². The van der Waals surface area contributed by atoms with Gasteiger partial charge in [-0.2, -0.15) is 0 Å². The van der Waals surface area contributed by atoms with Crippen molar-refractivity contribution in [2.24, 2.45) is 5.41 Å². The lowest BCUT2D eigenvalue weighted by atomic mass is 9.88. The summed E-state index contributed by atoms with van der Waals surface area (Å²) in [5.41, 5.74) is 2.24. The molecule has 0 saturated carbocycles. The summed E-state index contributed by atoms with van der Waals surface area (Å²) in [7, 11) is 0. The predicted octanol–water partition coefficient (Wildman–Crippen LogP) is 7.83. The third kappa shape index (κ3) is 6.54. The number of phenols is 1. The number of benzene rings is 2. The summed E-state index contributed by atoms with van der Waals surface area (Å²) < 4.78 is 2.31. The van der Waals surface area contributed by atoms with E-state index in [4.69, 9.17) is 0 Å². The maximum atomic E-state index is 12.1. The number of nitrogens with zero attached hydrogens (tertiary/aromatic N) is 1. The van der Waals surface area contributed by atoms with E-state index in [0.717, 1.165) is 27.1 Å². The zero-order chi connectivity index (χ0) is 25.5. The van der Waals surface area contributed by atoms with Crippen molar-refractivity contribution in [2.45, 2.75) is 87.6 Å². The largest absolute Gasteiger partial charge is 0.508 e. The first-order valence-corrected chi connectivity index (χ1v) is 13.2. The first-order chi connectivity index (χ1) is 15.6. The first kappa shape index (κ1) is 26.6. The van der Waals surface area contributed by atoms with Gasteiger partial charge in [-0.3, -0.25) is 4.79 Å². The molecule has 0 amide bonds. The molecular weight excluding hydrogens is 462 g/mol. The fourth-order valence-electron chi connectivity index (χ4n) is 3.83. The van der Waals surface area contributed by atoms with Gasteiger partial charge in [-0.25, -0.2) is 0 Å². The average molecular weight is 500 g/mol. The second kappa shape index (κ2) is 9.54. The van der Waals surface area contributed by atoms with E-state index in [1.54, 1.807) is 37.7 Å². The van der Waals surface area contributed by atoms with Gasteiger partial charge in [0.2, 0.25) is 0 Å². The van der Waals surface area contributed by atoms with Gasteiger partial charge < -0.3 is 14.8 Å². The minimum absolute atomic E-state index is 0.0709. The first-order valence-electron chi connectivity index (χ1n) is 11.6. The normalized spacial score (nSPS) is 12.9. The Morgan fingerprint density at radius 3 is 2.00 bits per heavy atom. The summed E-state index contributed by atoms with van der Waals surface area (Å²) in [5.74, 6) is -0.601. The predicted molar refractivity (Wildman–Crippen MR) is 145 cm³/mol. The fourth-order valence-corrected chi connectivity index (χ4v) is 6.00. The van der Waals surface area contributed by atoms with Crippen LogP contribution < -0.4 is 0 Å². The number of thioether (sulfide) groups is 2. The zero-order valence-electron chi connectivity index (χ0n) is 21.5. The van der Waals surface area contributed by atoms with Crippen LogP contribution in [0.15, 0.2) is 52.3 Å². The van der Waals surface area contributed by atoms with Crippen LogP contribution in [0, 0.1) is 5.41 Å². The second-order valence-corrected chi connectivity index (χ2v) is 15.2. The molecule has 34 heavy (non-hydrogen) atoms. The summed E-state index contributed by atoms with van der Waals surface area (Å²) in [6.45, 7) is 17.3. The van der Waals surface area contributed by atoms with Crippen LogP contribution in [0.25, 0.3) is 10.9 Å². The van der Waals surface area contributed by atoms with Crippen molar-refractivity contribution in [3.63, 3.8) is 0 Å². The molecule has 3 aromatic rings. The molecule has 3 rings (SSSR count). The van der Waals surface area contributed by atoms with E-state index in [0.29, 0.717) is 13.0 Å². The van der Waals surface area contributed by atoms with Crippen LogP contribution in [0.5, 0.6) is 5.75 Å². The number of aliphatic carboxylic acids is 1. The number of rotatable bonds is 7. The lowest BCUT2D eigenvalue weighted by Gasteiger charge is -2.24. The van der Waals surface area contributed by atoms with E-state index in [-0.39, 0.29) is 15.2 Å². The highest BCUT2D eigenvalue weighted by Crippen LogP contribution is 2.44. The van der Waals surface area contributed by atoms with Gasteiger partial charge >= 0.3 is 5.97 Å². The maximum absolute atomic E-state index is 12.1. The molecule has 0 fully saturated rings. The second-order valence-electron chi connectivity index (χ2n) is 11.5. The lowest BCUT2D eigenvalue weighted by Crippen LogP contribution is -2.28. The molecule has 2 N–H and O–H groups in total. The monoisotopic (exact) mass is 499 g/mol. The third-order valence-corrected chi connectivity index (χ3v) is 7.78.